The van der Waals surface area contributed by atoms with Gasteiger partial charge in [-0.25, -0.2) is 4.79 Å². The second-order valence-electron chi connectivity index (χ2n) is 9.73. The highest BCUT2D eigenvalue weighted by Crippen LogP contribution is 2.44. The van der Waals surface area contributed by atoms with Gasteiger partial charge in [0.15, 0.2) is 0 Å². The van der Waals surface area contributed by atoms with Crippen LogP contribution >= 0.6 is 0 Å². The average molecular weight is 485 g/mol. The molecule has 3 aromatic carbocycles. The molecule has 36 heavy (non-hydrogen) atoms. The number of hydrogen-bond donors (Lipinski definition) is 3. The zero-order valence-corrected chi connectivity index (χ0v) is 20.8. The molecule has 1 aliphatic heterocycles. The summed E-state index contributed by atoms with van der Waals surface area (Å²) in [6.07, 6.45) is -0.280. The van der Waals surface area contributed by atoms with E-state index in [2.05, 4.69) is 29.2 Å². The molecule has 1 aliphatic carbocycles. The van der Waals surface area contributed by atoms with E-state index in [4.69, 9.17) is 10.5 Å². The Balaban J connectivity index is 1.19. The van der Waals surface area contributed by atoms with Gasteiger partial charge < -0.3 is 25.4 Å². The molecule has 1 heterocycles. The number of carbonyl (C=O) groups excluding carboxylic acids is 1. The van der Waals surface area contributed by atoms with Crippen molar-refractivity contribution in [2.45, 2.75) is 26.3 Å². The number of rotatable bonds is 5. The van der Waals surface area contributed by atoms with Crippen molar-refractivity contribution in [3.63, 3.8) is 0 Å². The van der Waals surface area contributed by atoms with E-state index in [9.17, 15) is 14.8 Å². The summed E-state index contributed by atoms with van der Waals surface area (Å²) < 4.78 is 5.82. The third-order valence-corrected chi connectivity index (χ3v) is 7.67. The standard InChI is InChI=1S/C28H32BN3O4/c1-18-20(15-26(30)19(2)27(18)29(34)35)16-31-11-13-32(14-12-31)28(33)36-17-25-23-9-5-3-7-21(23)22-8-4-6-10-24(22)25/h3-10,15,25,34-35H,11-14,16-17,30H2,1-2H3. The predicted molar refractivity (Wildman–Crippen MR) is 142 cm³/mol. The molecule has 7 nitrogen and oxygen atoms in total. The summed E-state index contributed by atoms with van der Waals surface area (Å²) in [5.74, 6) is 0.0497. The van der Waals surface area contributed by atoms with Crippen LogP contribution in [0.2, 0.25) is 0 Å². The van der Waals surface area contributed by atoms with Gasteiger partial charge in [0.2, 0.25) is 0 Å². The Morgan fingerprint density at radius 2 is 1.56 bits per heavy atom. The topological polar surface area (TPSA) is 99.3 Å². The van der Waals surface area contributed by atoms with Crippen molar-refractivity contribution in [2.24, 2.45) is 0 Å². The van der Waals surface area contributed by atoms with Crippen LogP contribution in [-0.4, -0.2) is 65.8 Å². The molecule has 0 saturated carbocycles. The lowest BCUT2D eigenvalue weighted by Crippen LogP contribution is -2.48. The summed E-state index contributed by atoms with van der Waals surface area (Å²) in [6.45, 7) is 7.20. The lowest BCUT2D eigenvalue weighted by molar-refractivity contribution is 0.0728. The van der Waals surface area contributed by atoms with E-state index in [1.165, 1.54) is 22.3 Å². The molecule has 2 aliphatic rings. The average Bonchev–Trinajstić information content (AvgIpc) is 3.20. The molecule has 8 heteroatoms. The van der Waals surface area contributed by atoms with E-state index in [0.29, 0.717) is 56.0 Å². The van der Waals surface area contributed by atoms with Crippen LogP contribution in [0, 0.1) is 13.8 Å². The molecule has 0 atom stereocenters. The minimum absolute atomic E-state index is 0.0497. The molecule has 5 rings (SSSR count). The maximum Gasteiger partial charge on any atom is 0.489 e. The number of amides is 1. The van der Waals surface area contributed by atoms with Gasteiger partial charge in [0, 0.05) is 44.3 Å². The van der Waals surface area contributed by atoms with Crippen LogP contribution < -0.4 is 11.2 Å². The van der Waals surface area contributed by atoms with E-state index in [-0.39, 0.29) is 12.0 Å². The number of fused-ring (bicyclic) bond motifs is 3. The van der Waals surface area contributed by atoms with Gasteiger partial charge in [-0.2, -0.15) is 0 Å². The Labute approximate surface area is 212 Å². The maximum atomic E-state index is 12.9. The molecule has 1 saturated heterocycles. The van der Waals surface area contributed by atoms with Gasteiger partial charge in [-0.1, -0.05) is 48.5 Å². The highest BCUT2D eigenvalue weighted by Gasteiger charge is 2.30. The first-order valence-electron chi connectivity index (χ1n) is 12.4. The van der Waals surface area contributed by atoms with E-state index >= 15 is 0 Å². The molecule has 3 aromatic rings. The Kier molecular flexibility index (Phi) is 6.75. The number of hydrogen-bond acceptors (Lipinski definition) is 6. The fourth-order valence-corrected chi connectivity index (χ4v) is 5.58. The quantitative estimate of drug-likeness (QED) is 0.380. The minimum atomic E-state index is -1.56. The maximum absolute atomic E-state index is 12.9. The van der Waals surface area contributed by atoms with Gasteiger partial charge in [-0.3, -0.25) is 4.90 Å². The molecule has 1 fully saturated rings. The first-order valence-corrected chi connectivity index (χ1v) is 12.4. The zero-order valence-electron chi connectivity index (χ0n) is 20.8. The minimum Gasteiger partial charge on any atom is -0.448 e. The van der Waals surface area contributed by atoms with Gasteiger partial charge in [0.25, 0.3) is 0 Å². The smallest absolute Gasteiger partial charge is 0.448 e. The Bertz CT molecular complexity index is 1240. The summed E-state index contributed by atoms with van der Waals surface area (Å²) in [6, 6.07) is 18.6. The molecule has 0 spiro atoms. The molecular weight excluding hydrogens is 453 g/mol. The molecule has 4 N–H and O–H groups in total. The number of benzene rings is 3. The first kappa shape index (κ1) is 24.4. The summed E-state index contributed by atoms with van der Waals surface area (Å²) in [5.41, 5.74) is 14.5. The summed E-state index contributed by atoms with van der Waals surface area (Å²) >= 11 is 0. The Hall–Kier alpha value is -3.33. The van der Waals surface area contributed by atoms with Crippen LogP contribution in [0.25, 0.3) is 11.1 Å². The van der Waals surface area contributed by atoms with E-state index in [1.807, 2.05) is 37.3 Å². The number of carbonyl (C=O) groups is 1. The van der Waals surface area contributed by atoms with Crippen molar-refractivity contribution in [1.29, 1.82) is 0 Å². The molecule has 186 valence electrons. The molecule has 1 amide bonds. The number of anilines is 1. The van der Waals surface area contributed by atoms with Crippen molar-refractivity contribution < 1.29 is 19.6 Å². The molecular formula is C28H32BN3O4. The van der Waals surface area contributed by atoms with Gasteiger partial charge >= 0.3 is 13.2 Å². The number of ether oxygens (including phenoxy) is 1. The number of nitrogen functional groups attached to an aromatic ring is 1. The molecule has 0 radical (unpaired) electrons. The van der Waals surface area contributed by atoms with Crippen molar-refractivity contribution >= 4 is 24.4 Å². The molecule has 0 unspecified atom stereocenters. The first-order chi connectivity index (χ1) is 17.3. The lowest BCUT2D eigenvalue weighted by Gasteiger charge is -2.34. The van der Waals surface area contributed by atoms with Crippen molar-refractivity contribution in [3.05, 3.63) is 82.4 Å². The second kappa shape index (κ2) is 9.97. The molecule has 0 bridgehead atoms. The summed E-state index contributed by atoms with van der Waals surface area (Å²) in [4.78, 5) is 16.9. The van der Waals surface area contributed by atoms with Gasteiger partial charge in [-0.05, 0) is 64.3 Å². The zero-order chi connectivity index (χ0) is 25.4. The van der Waals surface area contributed by atoms with Crippen LogP contribution in [0.4, 0.5) is 10.5 Å². The van der Waals surface area contributed by atoms with Crippen LogP contribution in [0.5, 0.6) is 0 Å². The van der Waals surface area contributed by atoms with Gasteiger partial charge in [0.1, 0.15) is 6.61 Å². The Morgan fingerprint density at radius 1 is 0.972 bits per heavy atom. The normalized spacial score (nSPS) is 15.5. The predicted octanol–water partition coefficient (Wildman–Crippen LogP) is 2.63. The van der Waals surface area contributed by atoms with Crippen LogP contribution in [0.15, 0.2) is 54.6 Å². The van der Waals surface area contributed by atoms with Crippen LogP contribution in [0.1, 0.15) is 33.7 Å². The fraction of sp³-hybridized carbons (Fsp3) is 0.321. The summed E-state index contributed by atoms with van der Waals surface area (Å²) in [7, 11) is -1.56. The van der Waals surface area contributed by atoms with E-state index < -0.39 is 7.12 Å². The van der Waals surface area contributed by atoms with Crippen molar-refractivity contribution in [3.8, 4) is 11.1 Å². The van der Waals surface area contributed by atoms with Crippen molar-refractivity contribution in [1.82, 2.24) is 9.80 Å². The third-order valence-electron chi connectivity index (χ3n) is 7.67. The largest absolute Gasteiger partial charge is 0.489 e. The summed E-state index contributed by atoms with van der Waals surface area (Å²) in [5, 5.41) is 19.6. The van der Waals surface area contributed by atoms with Crippen LogP contribution in [0.3, 0.4) is 0 Å². The third kappa shape index (κ3) is 4.48. The van der Waals surface area contributed by atoms with E-state index in [0.717, 1.165) is 11.1 Å². The number of piperazine rings is 1. The number of nitrogens with two attached hydrogens (primary N) is 1. The van der Waals surface area contributed by atoms with Crippen LogP contribution in [-0.2, 0) is 11.3 Å². The monoisotopic (exact) mass is 485 g/mol. The van der Waals surface area contributed by atoms with Gasteiger partial charge in [0.05, 0.1) is 0 Å². The van der Waals surface area contributed by atoms with Gasteiger partial charge in [-0.15, -0.1) is 0 Å². The SMILES string of the molecule is Cc1c(N)cc(CN2CCN(C(=O)OCC3c4ccccc4-c4ccccc43)CC2)c(C)c1B(O)O. The van der Waals surface area contributed by atoms with Crippen molar-refractivity contribution in [2.75, 3.05) is 38.5 Å². The fourth-order valence-electron chi connectivity index (χ4n) is 5.58. The molecule has 0 aromatic heterocycles. The second-order valence-corrected chi connectivity index (χ2v) is 9.73. The lowest BCUT2D eigenvalue weighted by atomic mass is 9.72. The highest BCUT2D eigenvalue weighted by molar-refractivity contribution is 6.60. The van der Waals surface area contributed by atoms with E-state index in [1.54, 1.807) is 11.8 Å². The number of nitrogens with zero attached hydrogens (tertiary/aromatic N) is 2. The highest BCUT2D eigenvalue weighted by atomic mass is 16.6. The Morgan fingerprint density at radius 3 is 2.14 bits per heavy atom.